The summed E-state index contributed by atoms with van der Waals surface area (Å²) in [5.74, 6) is 0.298. The molecule has 1 aromatic heterocycles. The molecule has 0 saturated carbocycles. The molecule has 1 unspecified atom stereocenters. The van der Waals surface area contributed by atoms with Gasteiger partial charge in [-0.1, -0.05) is 6.07 Å². The molecule has 0 amide bonds. The SMILES string of the molecule is CC(C)(C(=O)OCc1cccs1)C1CCCNC1. The summed E-state index contributed by atoms with van der Waals surface area (Å²) in [7, 11) is 0. The number of carbonyl (C=O) groups excluding carboxylic acids is 1. The lowest BCUT2D eigenvalue weighted by molar-refractivity contribution is -0.159. The second-order valence-corrected chi connectivity index (χ2v) is 6.45. The van der Waals surface area contributed by atoms with Crippen molar-refractivity contribution in [3.05, 3.63) is 22.4 Å². The van der Waals surface area contributed by atoms with Gasteiger partial charge in [-0.15, -0.1) is 11.3 Å². The first-order valence-electron chi connectivity index (χ1n) is 6.51. The van der Waals surface area contributed by atoms with Crippen molar-refractivity contribution < 1.29 is 9.53 Å². The average molecular weight is 267 g/mol. The highest BCUT2D eigenvalue weighted by molar-refractivity contribution is 7.09. The molecule has 3 nitrogen and oxygen atoms in total. The number of piperidine rings is 1. The molecule has 4 heteroatoms. The van der Waals surface area contributed by atoms with Crippen LogP contribution in [-0.2, 0) is 16.1 Å². The summed E-state index contributed by atoms with van der Waals surface area (Å²) in [4.78, 5) is 13.3. The topological polar surface area (TPSA) is 38.3 Å². The Bertz CT molecular complexity index is 381. The van der Waals surface area contributed by atoms with E-state index in [1.165, 1.54) is 0 Å². The van der Waals surface area contributed by atoms with Crippen molar-refractivity contribution in [2.24, 2.45) is 11.3 Å². The van der Waals surface area contributed by atoms with Crippen LogP contribution in [0.15, 0.2) is 17.5 Å². The highest BCUT2D eigenvalue weighted by Crippen LogP contribution is 2.33. The fraction of sp³-hybridized carbons (Fsp3) is 0.643. The predicted octanol–water partition coefficient (Wildman–Crippen LogP) is 2.82. The Labute approximate surface area is 113 Å². The van der Waals surface area contributed by atoms with Gasteiger partial charge in [0, 0.05) is 4.88 Å². The Morgan fingerprint density at radius 1 is 1.61 bits per heavy atom. The van der Waals surface area contributed by atoms with Crippen LogP contribution in [0.3, 0.4) is 0 Å². The lowest BCUT2D eigenvalue weighted by atomic mass is 9.75. The zero-order chi connectivity index (χ0) is 13.0. The van der Waals surface area contributed by atoms with Gasteiger partial charge in [-0.25, -0.2) is 0 Å². The summed E-state index contributed by atoms with van der Waals surface area (Å²) in [6, 6.07) is 3.97. The fourth-order valence-corrected chi connectivity index (χ4v) is 2.97. The minimum absolute atomic E-state index is 0.0791. The second-order valence-electron chi connectivity index (χ2n) is 5.42. The molecule has 0 radical (unpaired) electrons. The van der Waals surface area contributed by atoms with Gasteiger partial charge in [0.15, 0.2) is 0 Å². The van der Waals surface area contributed by atoms with Crippen molar-refractivity contribution >= 4 is 17.3 Å². The van der Waals surface area contributed by atoms with Crippen molar-refractivity contribution in [3.63, 3.8) is 0 Å². The third kappa shape index (κ3) is 3.12. The highest BCUT2D eigenvalue weighted by atomic mass is 32.1. The molecule has 1 aliphatic heterocycles. The summed E-state index contributed by atoms with van der Waals surface area (Å²) in [6.45, 7) is 6.39. The zero-order valence-corrected chi connectivity index (χ0v) is 11.9. The van der Waals surface area contributed by atoms with E-state index >= 15 is 0 Å². The van der Waals surface area contributed by atoms with Crippen LogP contribution in [0.4, 0.5) is 0 Å². The van der Waals surface area contributed by atoms with Crippen molar-refractivity contribution in [2.45, 2.75) is 33.3 Å². The van der Waals surface area contributed by atoms with E-state index < -0.39 is 5.41 Å². The molecule has 0 bridgehead atoms. The molecule has 1 aromatic rings. The lowest BCUT2D eigenvalue weighted by Crippen LogP contribution is -2.43. The predicted molar refractivity (Wildman–Crippen MR) is 73.5 cm³/mol. The van der Waals surface area contributed by atoms with Crippen LogP contribution >= 0.6 is 11.3 Å². The number of hydrogen-bond donors (Lipinski definition) is 1. The minimum atomic E-state index is -0.398. The molecule has 18 heavy (non-hydrogen) atoms. The minimum Gasteiger partial charge on any atom is -0.460 e. The molecule has 100 valence electrons. The van der Waals surface area contributed by atoms with Crippen molar-refractivity contribution in [3.8, 4) is 0 Å². The van der Waals surface area contributed by atoms with E-state index in [0.717, 1.165) is 30.8 Å². The van der Waals surface area contributed by atoms with E-state index in [4.69, 9.17) is 4.74 Å². The van der Waals surface area contributed by atoms with Gasteiger partial charge in [0.1, 0.15) is 6.61 Å². The second kappa shape index (κ2) is 5.85. The van der Waals surface area contributed by atoms with Gasteiger partial charge in [0.25, 0.3) is 0 Å². The Hall–Kier alpha value is -0.870. The van der Waals surface area contributed by atoms with Gasteiger partial charge < -0.3 is 10.1 Å². The van der Waals surface area contributed by atoms with Gasteiger partial charge in [-0.05, 0) is 57.1 Å². The van der Waals surface area contributed by atoms with Gasteiger partial charge in [-0.3, -0.25) is 4.79 Å². The van der Waals surface area contributed by atoms with E-state index in [-0.39, 0.29) is 5.97 Å². The fourth-order valence-electron chi connectivity index (χ4n) is 2.35. The van der Waals surface area contributed by atoms with Gasteiger partial charge in [-0.2, -0.15) is 0 Å². The molecule has 0 aliphatic carbocycles. The van der Waals surface area contributed by atoms with E-state index in [0.29, 0.717) is 12.5 Å². The van der Waals surface area contributed by atoms with Crippen LogP contribution in [0.5, 0.6) is 0 Å². The third-order valence-electron chi connectivity index (χ3n) is 3.77. The Morgan fingerprint density at radius 3 is 3.06 bits per heavy atom. The van der Waals surface area contributed by atoms with E-state index in [2.05, 4.69) is 5.32 Å². The first-order valence-corrected chi connectivity index (χ1v) is 7.39. The lowest BCUT2D eigenvalue weighted by Gasteiger charge is -2.35. The number of nitrogens with one attached hydrogen (secondary N) is 1. The van der Waals surface area contributed by atoms with Gasteiger partial charge >= 0.3 is 5.97 Å². The monoisotopic (exact) mass is 267 g/mol. The summed E-state index contributed by atoms with van der Waals surface area (Å²) < 4.78 is 5.45. The molecule has 1 atom stereocenters. The maximum atomic E-state index is 12.2. The molecule has 1 N–H and O–H groups in total. The van der Waals surface area contributed by atoms with Gasteiger partial charge in [0.2, 0.25) is 0 Å². The Kier molecular flexibility index (Phi) is 4.40. The van der Waals surface area contributed by atoms with Gasteiger partial charge in [0.05, 0.1) is 5.41 Å². The molecule has 2 rings (SSSR count). The smallest absolute Gasteiger partial charge is 0.312 e. The Morgan fingerprint density at radius 2 is 2.44 bits per heavy atom. The van der Waals surface area contributed by atoms with E-state index in [1.54, 1.807) is 11.3 Å². The van der Waals surface area contributed by atoms with Crippen LogP contribution in [0.25, 0.3) is 0 Å². The summed E-state index contributed by atoms with van der Waals surface area (Å²) in [5, 5.41) is 5.36. The normalized spacial score (nSPS) is 20.7. The quantitative estimate of drug-likeness (QED) is 0.853. The number of esters is 1. The molecule has 0 aromatic carbocycles. The number of thiophene rings is 1. The van der Waals surface area contributed by atoms with Crippen LogP contribution in [-0.4, -0.2) is 19.1 Å². The van der Waals surface area contributed by atoms with Crippen molar-refractivity contribution in [1.29, 1.82) is 0 Å². The number of hydrogen-bond acceptors (Lipinski definition) is 4. The summed E-state index contributed by atoms with van der Waals surface area (Å²) in [6.07, 6.45) is 2.25. The number of rotatable bonds is 4. The third-order valence-corrected chi connectivity index (χ3v) is 4.62. The van der Waals surface area contributed by atoms with E-state index in [9.17, 15) is 4.79 Å². The molecule has 1 fully saturated rings. The molecule has 1 saturated heterocycles. The largest absolute Gasteiger partial charge is 0.460 e. The van der Waals surface area contributed by atoms with Crippen LogP contribution in [0.1, 0.15) is 31.6 Å². The first-order chi connectivity index (χ1) is 8.60. The maximum Gasteiger partial charge on any atom is 0.312 e. The van der Waals surface area contributed by atoms with Crippen LogP contribution in [0.2, 0.25) is 0 Å². The molecule has 0 spiro atoms. The zero-order valence-electron chi connectivity index (χ0n) is 11.1. The van der Waals surface area contributed by atoms with Crippen molar-refractivity contribution in [2.75, 3.05) is 13.1 Å². The Balaban J connectivity index is 1.89. The summed E-state index contributed by atoms with van der Waals surface area (Å²) >= 11 is 1.62. The standard InChI is InChI=1S/C14H21NO2S/c1-14(2,11-5-3-7-15-9-11)13(16)17-10-12-6-4-8-18-12/h4,6,8,11,15H,3,5,7,9-10H2,1-2H3. The first kappa shape index (κ1) is 13.6. The van der Waals surface area contributed by atoms with Crippen LogP contribution < -0.4 is 5.32 Å². The van der Waals surface area contributed by atoms with Crippen LogP contribution in [0, 0.1) is 11.3 Å². The molecule has 2 heterocycles. The number of carbonyl (C=O) groups is 1. The number of ether oxygens (including phenoxy) is 1. The van der Waals surface area contributed by atoms with E-state index in [1.807, 2.05) is 31.4 Å². The molecular formula is C14H21NO2S. The highest BCUT2D eigenvalue weighted by Gasteiger charge is 2.38. The molecule has 1 aliphatic rings. The molecular weight excluding hydrogens is 246 g/mol. The van der Waals surface area contributed by atoms with Crippen molar-refractivity contribution in [1.82, 2.24) is 5.32 Å². The average Bonchev–Trinajstić information content (AvgIpc) is 2.90. The summed E-state index contributed by atoms with van der Waals surface area (Å²) in [5.41, 5.74) is -0.398. The maximum absolute atomic E-state index is 12.2.